The number of anilines is 1. The third kappa shape index (κ3) is 6.28. The zero-order chi connectivity index (χ0) is 18.4. The number of halogens is 3. The number of hydrogen-bond donors (Lipinski definition) is 2. The van der Waals surface area contributed by atoms with Crippen LogP contribution in [0.2, 0.25) is 0 Å². The van der Waals surface area contributed by atoms with Crippen molar-refractivity contribution in [2.24, 2.45) is 5.92 Å². The van der Waals surface area contributed by atoms with Gasteiger partial charge in [-0.2, -0.15) is 13.2 Å². The second-order valence-electron chi connectivity index (χ2n) is 6.32. The van der Waals surface area contributed by atoms with Crippen molar-refractivity contribution in [2.75, 3.05) is 31.5 Å². The topological polar surface area (TPSA) is 61.4 Å². The molecule has 2 N–H and O–H groups in total. The molecule has 0 spiro atoms. The fraction of sp³-hybridized carbons (Fsp3) is 0.529. The molecule has 1 aliphatic rings. The van der Waals surface area contributed by atoms with E-state index in [1.165, 1.54) is 12.1 Å². The molecule has 1 aliphatic heterocycles. The molecule has 0 unspecified atom stereocenters. The zero-order valence-corrected chi connectivity index (χ0v) is 14.0. The molecule has 0 bridgehead atoms. The van der Waals surface area contributed by atoms with Crippen LogP contribution in [0, 0.1) is 5.92 Å². The number of nitrogens with one attached hydrogen (secondary N) is 2. The van der Waals surface area contributed by atoms with E-state index in [9.17, 15) is 22.8 Å². The summed E-state index contributed by atoms with van der Waals surface area (Å²) in [6.07, 6.45) is -2.35. The van der Waals surface area contributed by atoms with E-state index in [-0.39, 0.29) is 18.0 Å². The molecule has 25 heavy (non-hydrogen) atoms. The van der Waals surface area contributed by atoms with E-state index in [2.05, 4.69) is 12.2 Å². The molecule has 1 fully saturated rings. The van der Waals surface area contributed by atoms with Gasteiger partial charge in [0.1, 0.15) is 6.54 Å². The fourth-order valence-corrected chi connectivity index (χ4v) is 2.76. The summed E-state index contributed by atoms with van der Waals surface area (Å²) in [4.78, 5) is 25.8. The average Bonchev–Trinajstić information content (AvgIpc) is 2.57. The summed E-state index contributed by atoms with van der Waals surface area (Å²) in [6, 6.07) is 6.06. The maximum Gasteiger partial charge on any atom is 0.405 e. The minimum atomic E-state index is -4.45. The Labute approximate surface area is 144 Å². The lowest BCUT2D eigenvalue weighted by Crippen LogP contribution is -2.41. The van der Waals surface area contributed by atoms with Gasteiger partial charge in [-0.05, 0) is 37.0 Å². The zero-order valence-electron chi connectivity index (χ0n) is 14.0. The van der Waals surface area contributed by atoms with Gasteiger partial charge in [-0.25, -0.2) is 0 Å². The molecule has 0 aromatic heterocycles. The number of nitrogens with zero attached hydrogens (tertiary/aromatic N) is 1. The van der Waals surface area contributed by atoms with Crippen LogP contribution in [0.15, 0.2) is 24.3 Å². The lowest BCUT2D eigenvalue weighted by Gasteiger charge is -2.31. The normalized spacial score (nSPS) is 17.9. The van der Waals surface area contributed by atoms with Crippen LogP contribution in [-0.4, -0.2) is 49.1 Å². The molecule has 0 radical (unpaired) electrons. The predicted octanol–water partition coefficient (Wildman–Crippen LogP) is 2.65. The SMILES string of the molecule is C[C@H]1CCCN(C(=O)CNc2cccc(C(=O)NCC(F)(F)F)c2)C1. The van der Waals surface area contributed by atoms with Crippen LogP contribution in [0.3, 0.4) is 0 Å². The Kier molecular flexibility index (Phi) is 6.27. The van der Waals surface area contributed by atoms with E-state index in [0.29, 0.717) is 11.6 Å². The van der Waals surface area contributed by atoms with Gasteiger partial charge in [0.15, 0.2) is 0 Å². The molecule has 1 heterocycles. The van der Waals surface area contributed by atoms with E-state index in [0.717, 1.165) is 25.9 Å². The third-order valence-electron chi connectivity index (χ3n) is 4.03. The maximum absolute atomic E-state index is 12.2. The number of piperidine rings is 1. The summed E-state index contributed by atoms with van der Waals surface area (Å²) in [5.41, 5.74) is 0.617. The van der Waals surface area contributed by atoms with Gasteiger partial charge >= 0.3 is 6.18 Å². The largest absolute Gasteiger partial charge is 0.405 e. The highest BCUT2D eigenvalue weighted by Gasteiger charge is 2.28. The Balaban J connectivity index is 1.88. The molecule has 1 aromatic rings. The van der Waals surface area contributed by atoms with Crippen LogP contribution < -0.4 is 10.6 Å². The molecule has 5 nitrogen and oxygen atoms in total. The molecular formula is C17H22F3N3O2. The van der Waals surface area contributed by atoms with Gasteiger partial charge in [-0.3, -0.25) is 9.59 Å². The Morgan fingerprint density at radius 1 is 1.32 bits per heavy atom. The van der Waals surface area contributed by atoms with E-state index in [1.807, 2.05) is 5.32 Å². The number of rotatable bonds is 5. The number of likely N-dealkylation sites (tertiary alicyclic amines) is 1. The van der Waals surface area contributed by atoms with Crippen molar-refractivity contribution in [3.05, 3.63) is 29.8 Å². The highest BCUT2D eigenvalue weighted by molar-refractivity contribution is 5.95. The summed E-state index contributed by atoms with van der Waals surface area (Å²) in [6.45, 7) is 2.29. The molecule has 1 aromatic carbocycles. The first-order valence-electron chi connectivity index (χ1n) is 8.21. The first-order chi connectivity index (χ1) is 11.7. The molecule has 0 saturated carbocycles. The van der Waals surface area contributed by atoms with Crippen molar-refractivity contribution in [1.29, 1.82) is 0 Å². The molecule has 0 aliphatic carbocycles. The van der Waals surface area contributed by atoms with Gasteiger partial charge in [0.05, 0.1) is 6.54 Å². The van der Waals surface area contributed by atoms with Crippen LogP contribution in [-0.2, 0) is 4.79 Å². The van der Waals surface area contributed by atoms with Gasteiger partial charge < -0.3 is 15.5 Å². The van der Waals surface area contributed by atoms with Crippen molar-refractivity contribution in [3.8, 4) is 0 Å². The molecule has 1 saturated heterocycles. The van der Waals surface area contributed by atoms with Crippen molar-refractivity contribution >= 4 is 17.5 Å². The Bertz CT molecular complexity index is 619. The highest BCUT2D eigenvalue weighted by atomic mass is 19.4. The first kappa shape index (κ1) is 19.1. The standard InChI is InChI=1S/C17H22F3N3O2/c1-12-4-3-7-23(10-12)15(24)9-21-14-6-2-5-13(8-14)16(25)22-11-17(18,19)20/h2,5-6,8,12,21H,3-4,7,9-11H2,1H3,(H,22,25)/t12-/m0/s1. The maximum atomic E-state index is 12.2. The van der Waals surface area contributed by atoms with E-state index < -0.39 is 18.6 Å². The van der Waals surface area contributed by atoms with E-state index in [1.54, 1.807) is 17.0 Å². The Morgan fingerprint density at radius 2 is 2.08 bits per heavy atom. The number of amides is 2. The van der Waals surface area contributed by atoms with Crippen LogP contribution in [0.1, 0.15) is 30.1 Å². The summed E-state index contributed by atoms with van der Waals surface area (Å²) < 4.78 is 36.5. The van der Waals surface area contributed by atoms with E-state index in [4.69, 9.17) is 0 Å². The summed E-state index contributed by atoms with van der Waals surface area (Å²) in [5, 5.41) is 4.75. The van der Waals surface area contributed by atoms with Crippen LogP contribution in [0.5, 0.6) is 0 Å². The van der Waals surface area contributed by atoms with Crippen molar-refractivity contribution < 1.29 is 22.8 Å². The number of carbonyl (C=O) groups excluding carboxylic acids is 2. The summed E-state index contributed by atoms with van der Waals surface area (Å²) in [7, 11) is 0. The second-order valence-corrected chi connectivity index (χ2v) is 6.32. The molecular weight excluding hydrogens is 335 g/mol. The quantitative estimate of drug-likeness (QED) is 0.852. The van der Waals surface area contributed by atoms with Gasteiger partial charge in [0.25, 0.3) is 5.91 Å². The monoisotopic (exact) mass is 357 g/mol. The molecule has 8 heteroatoms. The van der Waals surface area contributed by atoms with Crippen molar-refractivity contribution in [3.63, 3.8) is 0 Å². The Morgan fingerprint density at radius 3 is 2.76 bits per heavy atom. The van der Waals surface area contributed by atoms with Crippen LogP contribution >= 0.6 is 0 Å². The van der Waals surface area contributed by atoms with Crippen molar-refractivity contribution in [2.45, 2.75) is 25.9 Å². The first-order valence-corrected chi connectivity index (χ1v) is 8.21. The minimum absolute atomic E-state index is 0.0292. The van der Waals surface area contributed by atoms with Crippen LogP contribution in [0.25, 0.3) is 0 Å². The predicted molar refractivity (Wildman–Crippen MR) is 88.3 cm³/mol. The second kappa shape index (κ2) is 8.22. The number of hydrogen-bond acceptors (Lipinski definition) is 3. The lowest BCUT2D eigenvalue weighted by molar-refractivity contribution is -0.131. The number of benzene rings is 1. The fourth-order valence-electron chi connectivity index (χ4n) is 2.76. The van der Waals surface area contributed by atoms with Gasteiger partial charge in [0.2, 0.25) is 5.91 Å². The summed E-state index contributed by atoms with van der Waals surface area (Å²) >= 11 is 0. The molecule has 2 rings (SSSR count). The minimum Gasteiger partial charge on any atom is -0.376 e. The molecule has 2 amide bonds. The third-order valence-corrected chi connectivity index (χ3v) is 4.03. The van der Waals surface area contributed by atoms with Gasteiger partial charge in [-0.1, -0.05) is 13.0 Å². The molecule has 138 valence electrons. The van der Waals surface area contributed by atoms with Gasteiger partial charge in [-0.15, -0.1) is 0 Å². The van der Waals surface area contributed by atoms with E-state index >= 15 is 0 Å². The number of carbonyl (C=O) groups is 2. The smallest absolute Gasteiger partial charge is 0.376 e. The van der Waals surface area contributed by atoms with Gasteiger partial charge in [0, 0.05) is 24.3 Å². The van der Waals surface area contributed by atoms with Crippen LogP contribution in [0.4, 0.5) is 18.9 Å². The van der Waals surface area contributed by atoms with Crippen molar-refractivity contribution in [1.82, 2.24) is 10.2 Å². The lowest BCUT2D eigenvalue weighted by atomic mass is 10.0. The Hall–Kier alpha value is -2.25. The number of alkyl halides is 3. The highest BCUT2D eigenvalue weighted by Crippen LogP contribution is 2.16. The molecule has 1 atom stereocenters. The average molecular weight is 357 g/mol. The summed E-state index contributed by atoms with van der Waals surface area (Å²) in [5.74, 6) is -0.353.